The molecular weight excluding hydrogens is 281 g/mol. The molecule has 0 amide bonds. The van der Waals surface area contributed by atoms with E-state index in [2.05, 4.69) is 14.1 Å². The first-order valence-electron chi connectivity index (χ1n) is 5.04. The molecule has 1 unspecified atom stereocenters. The van der Waals surface area contributed by atoms with Gasteiger partial charge in [0.1, 0.15) is 12.6 Å². The fourth-order valence-corrected chi connectivity index (χ4v) is 1.85. The fraction of sp³-hybridized carbons (Fsp3) is 0.300. The van der Waals surface area contributed by atoms with Crippen LogP contribution in [0.15, 0.2) is 30.3 Å². The van der Waals surface area contributed by atoms with Crippen LogP contribution in [-0.2, 0) is 30.1 Å². The number of hydrogen-bond donors (Lipinski definition) is 1. The highest BCUT2D eigenvalue weighted by atomic mass is 35.7. The van der Waals surface area contributed by atoms with Crippen molar-refractivity contribution < 1.29 is 23.4 Å². The van der Waals surface area contributed by atoms with Gasteiger partial charge in [-0.3, -0.25) is 4.79 Å². The molecule has 1 aromatic rings. The standard InChI is InChI=1S/C10H13ClNO5P/c1-8(12)10(13)16-18(11,14)17-15-7-9-5-3-2-4-6-9/h2-6,8H,7,12H2,1H3/t8-,18?/m0/s1. The van der Waals surface area contributed by atoms with Crippen molar-refractivity contribution in [2.75, 3.05) is 0 Å². The molecule has 1 rings (SSSR count). The minimum absolute atomic E-state index is 0.0211. The molecule has 0 bridgehead atoms. The van der Waals surface area contributed by atoms with Crippen LogP contribution in [0.4, 0.5) is 0 Å². The van der Waals surface area contributed by atoms with E-state index >= 15 is 0 Å². The third kappa shape index (κ3) is 5.62. The van der Waals surface area contributed by atoms with Crippen LogP contribution in [0, 0.1) is 0 Å². The Balaban J connectivity index is 2.38. The van der Waals surface area contributed by atoms with Gasteiger partial charge in [-0.2, -0.15) is 0 Å². The summed E-state index contributed by atoms with van der Waals surface area (Å²) >= 11 is 5.35. The summed E-state index contributed by atoms with van der Waals surface area (Å²) < 4.78 is 20.2. The second kappa shape index (κ2) is 6.87. The molecule has 0 radical (unpaired) electrons. The Morgan fingerprint density at radius 1 is 1.44 bits per heavy atom. The van der Waals surface area contributed by atoms with Crippen LogP contribution < -0.4 is 5.73 Å². The summed E-state index contributed by atoms with van der Waals surface area (Å²) in [4.78, 5) is 15.7. The third-order valence-electron chi connectivity index (χ3n) is 1.78. The van der Waals surface area contributed by atoms with Crippen molar-refractivity contribution >= 4 is 24.2 Å². The van der Waals surface area contributed by atoms with Gasteiger partial charge in [0.15, 0.2) is 0 Å². The molecule has 2 atom stereocenters. The number of carbonyl (C=O) groups excluding carboxylic acids is 1. The maximum atomic E-state index is 11.4. The first-order valence-corrected chi connectivity index (χ1v) is 7.49. The quantitative estimate of drug-likeness (QED) is 0.492. The van der Waals surface area contributed by atoms with Crippen molar-refractivity contribution in [3.8, 4) is 0 Å². The number of halogens is 1. The predicted octanol–water partition coefficient (Wildman–Crippen LogP) is 2.37. The molecule has 2 N–H and O–H groups in total. The highest BCUT2D eigenvalue weighted by Crippen LogP contribution is 2.54. The van der Waals surface area contributed by atoms with Gasteiger partial charge in [-0.05, 0) is 12.5 Å². The smallest absolute Gasteiger partial charge is 0.378 e. The SMILES string of the molecule is C[C@H](N)C(=O)OP(=O)(Cl)OOCc1ccccc1. The lowest BCUT2D eigenvalue weighted by atomic mass is 10.2. The van der Waals surface area contributed by atoms with Gasteiger partial charge in [-0.25, -0.2) is 9.45 Å². The number of hydrogen-bond acceptors (Lipinski definition) is 6. The second-order valence-corrected chi connectivity index (χ2v) is 5.89. The van der Waals surface area contributed by atoms with Crippen molar-refractivity contribution in [1.82, 2.24) is 0 Å². The van der Waals surface area contributed by atoms with E-state index in [4.69, 9.17) is 17.0 Å². The lowest BCUT2D eigenvalue weighted by Crippen LogP contribution is -2.27. The topological polar surface area (TPSA) is 87.9 Å². The normalized spacial score (nSPS) is 15.7. The highest BCUT2D eigenvalue weighted by Gasteiger charge is 2.29. The van der Waals surface area contributed by atoms with Crippen LogP contribution in [-0.4, -0.2) is 12.0 Å². The lowest BCUT2D eigenvalue weighted by molar-refractivity contribution is -0.222. The second-order valence-electron chi connectivity index (χ2n) is 3.45. The van der Waals surface area contributed by atoms with E-state index in [1.807, 2.05) is 6.07 Å². The van der Waals surface area contributed by atoms with Crippen molar-refractivity contribution in [3.63, 3.8) is 0 Å². The zero-order chi connectivity index (χ0) is 13.6. The van der Waals surface area contributed by atoms with Crippen LogP contribution in [0.25, 0.3) is 0 Å². The Bertz CT molecular complexity index is 439. The maximum Gasteiger partial charge on any atom is 0.505 e. The third-order valence-corrected chi connectivity index (χ3v) is 2.84. The lowest BCUT2D eigenvalue weighted by Gasteiger charge is -2.11. The van der Waals surface area contributed by atoms with E-state index < -0.39 is 19.0 Å². The fourth-order valence-electron chi connectivity index (χ4n) is 0.937. The minimum atomic E-state index is -4.12. The summed E-state index contributed by atoms with van der Waals surface area (Å²) in [5, 5.41) is 0. The van der Waals surface area contributed by atoms with E-state index in [-0.39, 0.29) is 6.61 Å². The van der Waals surface area contributed by atoms with Gasteiger partial charge in [0, 0.05) is 11.2 Å². The van der Waals surface area contributed by atoms with E-state index in [9.17, 15) is 9.36 Å². The minimum Gasteiger partial charge on any atom is -0.378 e. The average molecular weight is 294 g/mol. The summed E-state index contributed by atoms with van der Waals surface area (Å²) in [6.45, 7) is -2.73. The summed E-state index contributed by atoms with van der Waals surface area (Å²) in [5.74, 6) is -0.934. The Morgan fingerprint density at radius 3 is 2.61 bits per heavy atom. The molecule has 6 nitrogen and oxygen atoms in total. The van der Waals surface area contributed by atoms with Crippen LogP contribution in [0.1, 0.15) is 12.5 Å². The molecule has 100 valence electrons. The zero-order valence-electron chi connectivity index (χ0n) is 9.61. The van der Waals surface area contributed by atoms with E-state index in [1.165, 1.54) is 6.92 Å². The molecule has 0 fully saturated rings. The van der Waals surface area contributed by atoms with E-state index in [0.717, 1.165) is 5.56 Å². The maximum absolute atomic E-state index is 11.4. The molecular formula is C10H13ClNO5P. The molecule has 0 aliphatic heterocycles. The summed E-state index contributed by atoms with van der Waals surface area (Å²) in [6.07, 6.45) is 0. The van der Waals surface area contributed by atoms with Crippen LogP contribution >= 0.6 is 18.2 Å². The summed E-state index contributed by atoms with van der Waals surface area (Å²) in [6, 6.07) is 8.04. The van der Waals surface area contributed by atoms with Crippen LogP contribution in [0.3, 0.4) is 0 Å². The largest absolute Gasteiger partial charge is 0.505 e. The molecule has 0 saturated carbocycles. The number of carbonyl (C=O) groups is 1. The highest BCUT2D eigenvalue weighted by molar-refractivity contribution is 7.81. The molecule has 0 aromatic heterocycles. The zero-order valence-corrected chi connectivity index (χ0v) is 11.3. The molecule has 0 saturated heterocycles. The predicted molar refractivity (Wildman–Crippen MR) is 65.5 cm³/mol. The number of rotatable bonds is 6. The molecule has 0 heterocycles. The van der Waals surface area contributed by atoms with Crippen molar-refractivity contribution in [1.29, 1.82) is 0 Å². The molecule has 0 spiro atoms. The van der Waals surface area contributed by atoms with Gasteiger partial charge < -0.3 is 10.3 Å². The summed E-state index contributed by atoms with van der Waals surface area (Å²) in [7, 11) is 0. The van der Waals surface area contributed by atoms with Crippen LogP contribution in [0.5, 0.6) is 0 Å². The molecule has 8 heteroatoms. The molecule has 0 aliphatic carbocycles. The Labute approximate surface area is 109 Å². The van der Waals surface area contributed by atoms with Gasteiger partial charge in [-0.15, -0.1) is 4.67 Å². The Hall–Kier alpha value is -0.910. The number of nitrogens with two attached hydrogens (primary N) is 1. The van der Waals surface area contributed by atoms with Crippen molar-refractivity contribution in [3.05, 3.63) is 35.9 Å². The van der Waals surface area contributed by atoms with E-state index in [1.54, 1.807) is 24.3 Å². The number of benzene rings is 1. The van der Waals surface area contributed by atoms with Crippen molar-refractivity contribution in [2.45, 2.75) is 19.6 Å². The Kier molecular flexibility index (Phi) is 5.78. The monoisotopic (exact) mass is 293 g/mol. The molecule has 18 heavy (non-hydrogen) atoms. The Morgan fingerprint density at radius 2 is 2.06 bits per heavy atom. The van der Waals surface area contributed by atoms with Gasteiger partial charge in [0.05, 0.1) is 0 Å². The average Bonchev–Trinajstić information content (AvgIpc) is 2.29. The van der Waals surface area contributed by atoms with E-state index in [0.29, 0.717) is 0 Å². The first-order chi connectivity index (χ1) is 8.41. The van der Waals surface area contributed by atoms with Crippen molar-refractivity contribution in [2.24, 2.45) is 5.73 Å². The molecule has 1 aromatic carbocycles. The first kappa shape index (κ1) is 15.1. The van der Waals surface area contributed by atoms with Gasteiger partial charge >= 0.3 is 12.9 Å². The van der Waals surface area contributed by atoms with Gasteiger partial charge in [-0.1, -0.05) is 30.3 Å². The van der Waals surface area contributed by atoms with Crippen LogP contribution in [0.2, 0.25) is 0 Å². The molecule has 0 aliphatic rings. The van der Waals surface area contributed by atoms with Gasteiger partial charge in [0.2, 0.25) is 0 Å². The van der Waals surface area contributed by atoms with Gasteiger partial charge in [0.25, 0.3) is 0 Å². The summed E-state index contributed by atoms with van der Waals surface area (Å²) in [5.41, 5.74) is 6.00.